The minimum Gasteiger partial charge on any atom is -0.462 e. The highest BCUT2D eigenvalue weighted by Gasteiger charge is 2.14. The van der Waals surface area contributed by atoms with Crippen LogP contribution in [0.25, 0.3) is 0 Å². The fraction of sp³-hybridized carbons (Fsp3) is 0.333. The number of halogens is 1. The van der Waals surface area contributed by atoms with Crippen molar-refractivity contribution in [3.05, 3.63) is 27.7 Å². The van der Waals surface area contributed by atoms with Gasteiger partial charge in [-0.3, -0.25) is 4.79 Å². The Labute approximate surface area is 114 Å². The Morgan fingerprint density at radius 3 is 2.72 bits per heavy atom. The van der Waals surface area contributed by atoms with E-state index < -0.39 is 5.97 Å². The molecule has 1 rings (SSSR count). The van der Waals surface area contributed by atoms with Crippen LogP contribution in [0.2, 0.25) is 0 Å². The molecule has 1 aromatic rings. The summed E-state index contributed by atoms with van der Waals surface area (Å²) in [6, 6.07) is 3.37. The summed E-state index contributed by atoms with van der Waals surface area (Å²) in [6.07, 6.45) is 0.144. The summed E-state index contributed by atoms with van der Waals surface area (Å²) < 4.78 is 5.73. The first-order valence-electron chi connectivity index (χ1n) is 5.39. The molecule has 0 aliphatic heterocycles. The summed E-state index contributed by atoms with van der Waals surface area (Å²) in [5, 5.41) is 2.45. The molecule has 98 valence electrons. The van der Waals surface area contributed by atoms with Crippen LogP contribution in [0.1, 0.15) is 22.3 Å². The molecule has 5 nitrogen and oxygen atoms in total. The number of carbonyl (C=O) groups is 2. The number of amides is 1. The lowest BCUT2D eigenvalue weighted by Crippen LogP contribution is -2.20. The monoisotopic (exact) mass is 314 g/mol. The highest BCUT2D eigenvalue weighted by atomic mass is 79.9. The molecule has 1 amide bonds. The van der Waals surface area contributed by atoms with Crippen molar-refractivity contribution in [3.8, 4) is 0 Å². The molecule has 0 aliphatic rings. The van der Waals surface area contributed by atoms with Gasteiger partial charge in [0.1, 0.15) is 6.61 Å². The van der Waals surface area contributed by atoms with Gasteiger partial charge >= 0.3 is 5.97 Å². The molecule has 0 atom stereocenters. The van der Waals surface area contributed by atoms with E-state index in [0.29, 0.717) is 21.3 Å². The van der Waals surface area contributed by atoms with E-state index in [-0.39, 0.29) is 18.9 Å². The first kappa shape index (κ1) is 14.5. The third kappa shape index (κ3) is 3.73. The van der Waals surface area contributed by atoms with Crippen molar-refractivity contribution in [2.75, 3.05) is 19.4 Å². The maximum absolute atomic E-state index is 11.8. The quantitative estimate of drug-likeness (QED) is 0.654. The molecule has 0 unspecified atom stereocenters. The van der Waals surface area contributed by atoms with Crippen LogP contribution >= 0.6 is 15.9 Å². The van der Waals surface area contributed by atoms with Crippen LogP contribution in [-0.2, 0) is 9.53 Å². The average Bonchev–Trinajstić information content (AvgIpc) is 2.33. The van der Waals surface area contributed by atoms with Crippen molar-refractivity contribution >= 4 is 33.5 Å². The van der Waals surface area contributed by atoms with E-state index in [2.05, 4.69) is 21.2 Å². The van der Waals surface area contributed by atoms with E-state index in [0.717, 1.165) is 0 Å². The van der Waals surface area contributed by atoms with Crippen molar-refractivity contribution in [2.24, 2.45) is 0 Å². The maximum Gasteiger partial charge on any atom is 0.338 e. The second-order valence-corrected chi connectivity index (χ2v) is 4.64. The van der Waals surface area contributed by atoms with Crippen LogP contribution in [0.15, 0.2) is 16.6 Å². The molecular formula is C12H15BrN2O3. The number of esters is 1. The topological polar surface area (TPSA) is 81.4 Å². The summed E-state index contributed by atoms with van der Waals surface area (Å²) >= 11 is 3.27. The lowest BCUT2D eigenvalue weighted by atomic mass is 10.1. The smallest absolute Gasteiger partial charge is 0.338 e. The number of nitrogens with one attached hydrogen (secondary N) is 1. The maximum atomic E-state index is 11.8. The van der Waals surface area contributed by atoms with Crippen LogP contribution in [0, 0.1) is 6.92 Å². The molecule has 0 aromatic heterocycles. The second-order valence-electron chi connectivity index (χ2n) is 3.73. The van der Waals surface area contributed by atoms with Gasteiger partial charge < -0.3 is 15.8 Å². The summed E-state index contributed by atoms with van der Waals surface area (Å²) in [6.45, 7) is 1.79. The summed E-state index contributed by atoms with van der Waals surface area (Å²) in [4.78, 5) is 22.8. The van der Waals surface area contributed by atoms with E-state index in [1.807, 2.05) is 0 Å². The molecule has 0 spiro atoms. The minimum absolute atomic E-state index is 0.0460. The lowest BCUT2D eigenvalue weighted by Gasteiger charge is -2.09. The first-order chi connectivity index (χ1) is 8.45. The molecular weight excluding hydrogens is 300 g/mol. The van der Waals surface area contributed by atoms with Crippen molar-refractivity contribution in [3.63, 3.8) is 0 Å². The van der Waals surface area contributed by atoms with Crippen LogP contribution < -0.4 is 11.1 Å². The highest BCUT2D eigenvalue weighted by Crippen LogP contribution is 2.23. The molecule has 6 heteroatoms. The van der Waals surface area contributed by atoms with Gasteiger partial charge in [0.25, 0.3) is 0 Å². The third-order valence-corrected chi connectivity index (χ3v) is 2.93. The minimum atomic E-state index is -0.482. The zero-order valence-electron chi connectivity index (χ0n) is 10.2. The van der Waals surface area contributed by atoms with E-state index >= 15 is 0 Å². The van der Waals surface area contributed by atoms with E-state index in [1.54, 1.807) is 19.1 Å². The molecule has 0 fully saturated rings. The number of nitrogen functional groups attached to an aromatic ring is 1. The Bertz CT molecular complexity index is 475. The Morgan fingerprint density at radius 2 is 2.11 bits per heavy atom. The number of nitrogens with two attached hydrogens (primary N) is 1. The van der Waals surface area contributed by atoms with E-state index in [9.17, 15) is 9.59 Å². The van der Waals surface area contributed by atoms with Gasteiger partial charge in [-0.05, 0) is 24.6 Å². The molecule has 3 N–H and O–H groups in total. The summed E-state index contributed by atoms with van der Waals surface area (Å²) in [7, 11) is 1.53. The Kier molecular flexibility index (Phi) is 5.15. The van der Waals surface area contributed by atoms with Crippen molar-refractivity contribution in [1.82, 2.24) is 5.32 Å². The van der Waals surface area contributed by atoms with Crippen molar-refractivity contribution in [2.45, 2.75) is 13.3 Å². The second kappa shape index (κ2) is 6.39. The molecule has 0 aliphatic carbocycles. The molecule has 0 heterocycles. The standard InChI is InChI=1S/C12H15BrN2O3/c1-7-9(5-8(13)6-10(7)14)12(17)18-4-3-11(16)15-2/h5-6H,3-4,14H2,1-2H3,(H,15,16). The number of anilines is 1. The Balaban J connectivity index is 2.70. The van der Waals surface area contributed by atoms with Gasteiger partial charge in [0.2, 0.25) is 5.91 Å². The van der Waals surface area contributed by atoms with Gasteiger partial charge in [-0.25, -0.2) is 4.79 Å². The van der Waals surface area contributed by atoms with Gasteiger partial charge in [-0.2, -0.15) is 0 Å². The fourth-order valence-corrected chi connectivity index (χ4v) is 1.83. The highest BCUT2D eigenvalue weighted by molar-refractivity contribution is 9.10. The summed E-state index contributed by atoms with van der Waals surface area (Å²) in [5.74, 6) is -0.655. The van der Waals surface area contributed by atoms with Crippen molar-refractivity contribution in [1.29, 1.82) is 0 Å². The van der Waals surface area contributed by atoms with Gasteiger partial charge in [0, 0.05) is 17.2 Å². The molecule has 0 bridgehead atoms. The number of carbonyl (C=O) groups excluding carboxylic acids is 2. The first-order valence-corrected chi connectivity index (χ1v) is 6.18. The van der Waals surface area contributed by atoms with Gasteiger partial charge in [-0.1, -0.05) is 15.9 Å². The zero-order valence-corrected chi connectivity index (χ0v) is 11.8. The zero-order chi connectivity index (χ0) is 13.7. The van der Waals surface area contributed by atoms with E-state index in [4.69, 9.17) is 10.5 Å². The number of ether oxygens (including phenoxy) is 1. The van der Waals surface area contributed by atoms with Crippen molar-refractivity contribution < 1.29 is 14.3 Å². The Hall–Kier alpha value is -1.56. The van der Waals surface area contributed by atoms with Crippen LogP contribution in [0.4, 0.5) is 5.69 Å². The predicted molar refractivity (Wildman–Crippen MR) is 72.3 cm³/mol. The summed E-state index contributed by atoms with van der Waals surface area (Å²) in [5.41, 5.74) is 7.34. The van der Waals surface area contributed by atoms with Gasteiger partial charge in [-0.15, -0.1) is 0 Å². The Morgan fingerprint density at radius 1 is 1.44 bits per heavy atom. The van der Waals surface area contributed by atoms with E-state index in [1.165, 1.54) is 7.05 Å². The molecule has 0 saturated carbocycles. The fourth-order valence-electron chi connectivity index (χ4n) is 1.35. The number of hydrogen-bond donors (Lipinski definition) is 2. The lowest BCUT2D eigenvalue weighted by molar-refractivity contribution is -0.121. The molecule has 1 aromatic carbocycles. The third-order valence-electron chi connectivity index (χ3n) is 2.47. The number of benzene rings is 1. The van der Waals surface area contributed by atoms with Crippen LogP contribution in [-0.4, -0.2) is 25.5 Å². The average molecular weight is 315 g/mol. The molecule has 18 heavy (non-hydrogen) atoms. The normalized spacial score (nSPS) is 9.94. The predicted octanol–water partition coefficient (Wildman–Crippen LogP) is 1.63. The molecule has 0 saturated heterocycles. The SMILES string of the molecule is CNC(=O)CCOC(=O)c1cc(Br)cc(N)c1C. The number of rotatable bonds is 4. The van der Waals surface area contributed by atoms with Crippen LogP contribution in [0.3, 0.4) is 0 Å². The van der Waals surface area contributed by atoms with Crippen LogP contribution in [0.5, 0.6) is 0 Å². The van der Waals surface area contributed by atoms with Gasteiger partial charge in [0.05, 0.1) is 12.0 Å². The molecule has 0 radical (unpaired) electrons. The largest absolute Gasteiger partial charge is 0.462 e. The van der Waals surface area contributed by atoms with Gasteiger partial charge in [0.15, 0.2) is 0 Å². The number of hydrogen-bond acceptors (Lipinski definition) is 4.